The van der Waals surface area contributed by atoms with E-state index in [4.69, 9.17) is 14.2 Å². The lowest BCUT2D eigenvalue weighted by atomic mass is 9.95. The van der Waals surface area contributed by atoms with E-state index in [2.05, 4.69) is 27.7 Å². The molecule has 0 N–H and O–H groups in total. The molecule has 2 atom stereocenters. The molecule has 0 aliphatic rings. The van der Waals surface area contributed by atoms with Crippen molar-refractivity contribution in [2.75, 3.05) is 13.2 Å². The summed E-state index contributed by atoms with van der Waals surface area (Å²) in [6.45, 7) is 14.4. The van der Waals surface area contributed by atoms with E-state index in [-0.39, 0.29) is 0 Å². The molecule has 0 radical (unpaired) electrons. The van der Waals surface area contributed by atoms with Crippen LogP contribution in [0.3, 0.4) is 0 Å². The van der Waals surface area contributed by atoms with Crippen molar-refractivity contribution in [3.05, 3.63) is 24.0 Å². The van der Waals surface area contributed by atoms with Gasteiger partial charge in [0.15, 0.2) is 0 Å². The fourth-order valence-corrected chi connectivity index (χ4v) is 3.29. The number of unbranched alkanes of at least 4 members (excludes halogenated alkanes) is 2. The van der Waals surface area contributed by atoms with Crippen LogP contribution < -0.4 is 0 Å². The molecule has 3 nitrogen and oxygen atoms in total. The Kier molecular flexibility index (Phi) is 17.5. The summed E-state index contributed by atoms with van der Waals surface area (Å²) in [5, 5.41) is 0. The average Bonchev–Trinajstić information content (AvgIpc) is 2.68. The van der Waals surface area contributed by atoms with Crippen LogP contribution in [0.15, 0.2) is 24.0 Å². The van der Waals surface area contributed by atoms with Gasteiger partial charge in [0.1, 0.15) is 24.0 Å². The van der Waals surface area contributed by atoms with Crippen molar-refractivity contribution in [3.8, 4) is 0 Å². The van der Waals surface area contributed by atoms with E-state index in [9.17, 15) is 0 Å². The predicted molar refractivity (Wildman–Crippen MR) is 116 cm³/mol. The Labute approximate surface area is 169 Å². The number of rotatable bonds is 18. The molecule has 0 rings (SSSR count). The molecule has 3 heteroatoms. The van der Waals surface area contributed by atoms with Gasteiger partial charge in [-0.2, -0.15) is 0 Å². The zero-order chi connectivity index (χ0) is 20.3. The Morgan fingerprint density at radius 3 is 1.37 bits per heavy atom. The molecular weight excluding hydrogens is 336 g/mol. The van der Waals surface area contributed by atoms with E-state index in [0.717, 1.165) is 24.4 Å². The van der Waals surface area contributed by atoms with E-state index < -0.39 is 0 Å². The second-order valence-electron chi connectivity index (χ2n) is 7.41. The molecule has 0 saturated heterocycles. The van der Waals surface area contributed by atoms with Gasteiger partial charge in [-0.15, -0.1) is 0 Å². The molecule has 0 saturated carbocycles. The first-order chi connectivity index (χ1) is 13.1. The first-order valence-corrected chi connectivity index (χ1v) is 11.4. The highest BCUT2D eigenvalue weighted by Crippen LogP contribution is 2.24. The third kappa shape index (κ3) is 13.7. The SMILES string of the molecule is CCCCC(CC)CC(=COC=C(CC(CC)CCCC)OCC)OCC. The minimum absolute atomic E-state index is 0.667. The smallest absolute Gasteiger partial charge is 0.131 e. The zero-order valence-electron chi connectivity index (χ0n) is 19.0. The van der Waals surface area contributed by atoms with Crippen LogP contribution >= 0.6 is 0 Å². The maximum atomic E-state index is 5.82. The molecule has 0 aromatic heterocycles. The van der Waals surface area contributed by atoms with E-state index in [0.29, 0.717) is 25.0 Å². The topological polar surface area (TPSA) is 27.7 Å². The molecule has 0 fully saturated rings. The van der Waals surface area contributed by atoms with Crippen LogP contribution in [0.2, 0.25) is 0 Å². The highest BCUT2D eigenvalue weighted by atomic mass is 16.5. The van der Waals surface area contributed by atoms with E-state index in [1.807, 2.05) is 13.8 Å². The van der Waals surface area contributed by atoms with Gasteiger partial charge < -0.3 is 14.2 Å². The lowest BCUT2D eigenvalue weighted by molar-refractivity contribution is 0.173. The Morgan fingerprint density at radius 2 is 1.07 bits per heavy atom. The Hall–Kier alpha value is -1.12. The predicted octanol–water partition coefficient (Wildman–Crippen LogP) is 7.97. The van der Waals surface area contributed by atoms with E-state index in [1.165, 1.54) is 51.4 Å². The van der Waals surface area contributed by atoms with Gasteiger partial charge in [-0.05, 0) is 25.7 Å². The molecule has 0 aliphatic heterocycles. The van der Waals surface area contributed by atoms with Crippen LogP contribution in [-0.2, 0) is 14.2 Å². The molecule has 0 spiro atoms. The molecule has 2 unspecified atom stereocenters. The van der Waals surface area contributed by atoms with Crippen molar-refractivity contribution < 1.29 is 14.2 Å². The summed E-state index contributed by atoms with van der Waals surface area (Å²) in [5.74, 6) is 3.23. The molecule has 0 aromatic rings. The number of hydrogen-bond acceptors (Lipinski definition) is 3. The van der Waals surface area contributed by atoms with E-state index in [1.54, 1.807) is 12.5 Å². The Morgan fingerprint density at radius 1 is 0.667 bits per heavy atom. The lowest BCUT2D eigenvalue weighted by Gasteiger charge is -2.18. The summed E-state index contributed by atoms with van der Waals surface area (Å²) >= 11 is 0. The van der Waals surface area contributed by atoms with Crippen LogP contribution in [0.1, 0.15) is 106 Å². The molecule has 160 valence electrons. The molecule has 0 amide bonds. The summed E-state index contributed by atoms with van der Waals surface area (Å²) in [5.41, 5.74) is 0. The Bertz CT molecular complexity index is 351. The van der Waals surface area contributed by atoms with Gasteiger partial charge >= 0.3 is 0 Å². The van der Waals surface area contributed by atoms with Gasteiger partial charge in [0.25, 0.3) is 0 Å². The van der Waals surface area contributed by atoms with Crippen molar-refractivity contribution in [1.29, 1.82) is 0 Å². The molecule has 0 bridgehead atoms. The van der Waals surface area contributed by atoms with E-state index >= 15 is 0 Å². The molecule has 0 aliphatic carbocycles. The van der Waals surface area contributed by atoms with Gasteiger partial charge in [-0.3, -0.25) is 0 Å². The number of hydrogen-bond donors (Lipinski definition) is 0. The summed E-state index contributed by atoms with van der Waals surface area (Å²) in [7, 11) is 0. The van der Waals surface area contributed by atoms with Gasteiger partial charge in [0.05, 0.1) is 13.2 Å². The maximum absolute atomic E-state index is 5.82. The third-order valence-corrected chi connectivity index (χ3v) is 5.12. The first-order valence-electron chi connectivity index (χ1n) is 11.4. The summed E-state index contributed by atoms with van der Waals surface area (Å²) in [6, 6.07) is 0. The first kappa shape index (κ1) is 25.9. The standard InChI is InChI=1S/C24H46O3/c1-7-13-15-21(9-3)17-23(26-11-5)19-25-20-24(27-12-6)18-22(10-4)16-14-8-2/h19-22H,7-18H2,1-6H3. The second-order valence-corrected chi connectivity index (χ2v) is 7.41. The second kappa shape index (κ2) is 18.3. The maximum Gasteiger partial charge on any atom is 0.131 e. The number of allylic oxidation sites excluding steroid dienone is 2. The van der Waals surface area contributed by atoms with Crippen molar-refractivity contribution in [3.63, 3.8) is 0 Å². The molecule has 0 aromatic carbocycles. The monoisotopic (exact) mass is 382 g/mol. The molecule has 27 heavy (non-hydrogen) atoms. The molecular formula is C24H46O3. The highest BCUT2D eigenvalue weighted by molar-refractivity contribution is 4.95. The average molecular weight is 383 g/mol. The van der Waals surface area contributed by atoms with Crippen LogP contribution in [0.5, 0.6) is 0 Å². The van der Waals surface area contributed by atoms with Crippen molar-refractivity contribution in [1.82, 2.24) is 0 Å². The number of ether oxygens (including phenoxy) is 3. The minimum atomic E-state index is 0.667. The third-order valence-electron chi connectivity index (χ3n) is 5.12. The Balaban J connectivity index is 4.86. The van der Waals surface area contributed by atoms with Gasteiger partial charge in [-0.1, -0.05) is 79.1 Å². The van der Waals surface area contributed by atoms with Crippen LogP contribution in [0.4, 0.5) is 0 Å². The van der Waals surface area contributed by atoms with Crippen molar-refractivity contribution >= 4 is 0 Å². The molecule has 0 heterocycles. The van der Waals surface area contributed by atoms with Crippen LogP contribution in [0.25, 0.3) is 0 Å². The fraction of sp³-hybridized carbons (Fsp3) is 0.833. The highest BCUT2D eigenvalue weighted by Gasteiger charge is 2.12. The van der Waals surface area contributed by atoms with Crippen LogP contribution in [-0.4, -0.2) is 13.2 Å². The summed E-state index contributed by atoms with van der Waals surface area (Å²) in [4.78, 5) is 0. The summed E-state index contributed by atoms with van der Waals surface area (Å²) < 4.78 is 17.4. The zero-order valence-corrected chi connectivity index (χ0v) is 19.0. The minimum Gasteiger partial charge on any atom is -0.495 e. The largest absolute Gasteiger partial charge is 0.495 e. The fourth-order valence-electron chi connectivity index (χ4n) is 3.29. The lowest BCUT2D eigenvalue weighted by Crippen LogP contribution is -2.05. The normalized spacial score (nSPS) is 14.7. The van der Waals surface area contributed by atoms with Gasteiger partial charge in [0, 0.05) is 12.8 Å². The van der Waals surface area contributed by atoms with Crippen LogP contribution in [0, 0.1) is 11.8 Å². The summed E-state index contributed by atoms with van der Waals surface area (Å²) in [6.07, 6.45) is 15.4. The quantitative estimate of drug-likeness (QED) is 0.225. The van der Waals surface area contributed by atoms with Crippen molar-refractivity contribution in [2.24, 2.45) is 11.8 Å². The van der Waals surface area contributed by atoms with Gasteiger partial charge in [-0.25, -0.2) is 0 Å². The van der Waals surface area contributed by atoms with Crippen molar-refractivity contribution in [2.45, 2.75) is 106 Å². The van der Waals surface area contributed by atoms with Gasteiger partial charge in [0.2, 0.25) is 0 Å².